The molecule has 0 aromatic heterocycles. The number of sulfonamides is 1. The minimum absolute atomic E-state index is 0.0972. The average molecular weight is 550 g/mol. The molecule has 8 heteroatoms. The van der Waals surface area contributed by atoms with Crippen LogP contribution in [0.3, 0.4) is 0 Å². The van der Waals surface area contributed by atoms with Crippen LogP contribution in [-0.4, -0.2) is 43.3 Å². The standard InChI is InChI=1S/C31H39N3O4S/c1-7-26-15-11-12-16-28(26)34(39(37,38)27-19-17-23(2)18-20-27)22-29(35)33(21-25-13-9-8-10-14-25)24(3)30(36)32-31(4,5)6/h8-20,24H,7,21-22H2,1-6H3,(H,32,36)/t24-/m0/s1. The summed E-state index contributed by atoms with van der Waals surface area (Å²) in [6.07, 6.45) is 0.586. The van der Waals surface area contributed by atoms with Gasteiger partial charge in [0.25, 0.3) is 10.0 Å². The van der Waals surface area contributed by atoms with Gasteiger partial charge in [0.05, 0.1) is 10.6 Å². The van der Waals surface area contributed by atoms with E-state index >= 15 is 0 Å². The minimum atomic E-state index is -4.09. The van der Waals surface area contributed by atoms with Gasteiger partial charge in [-0.2, -0.15) is 0 Å². The van der Waals surface area contributed by atoms with E-state index in [9.17, 15) is 18.0 Å². The van der Waals surface area contributed by atoms with Gasteiger partial charge in [0.1, 0.15) is 12.6 Å². The highest BCUT2D eigenvalue weighted by molar-refractivity contribution is 7.92. The largest absolute Gasteiger partial charge is 0.350 e. The first kappa shape index (κ1) is 29.9. The molecule has 3 aromatic carbocycles. The van der Waals surface area contributed by atoms with Crippen molar-refractivity contribution in [3.8, 4) is 0 Å². The van der Waals surface area contributed by atoms with Gasteiger partial charge in [-0.1, -0.05) is 73.2 Å². The molecule has 0 saturated heterocycles. The molecule has 1 N–H and O–H groups in total. The summed E-state index contributed by atoms with van der Waals surface area (Å²) < 4.78 is 29.2. The number of amides is 2. The van der Waals surface area contributed by atoms with Crippen molar-refractivity contribution in [3.63, 3.8) is 0 Å². The lowest BCUT2D eigenvalue weighted by atomic mass is 10.1. The molecule has 7 nitrogen and oxygen atoms in total. The fraction of sp³-hybridized carbons (Fsp3) is 0.355. The van der Waals surface area contributed by atoms with E-state index in [-0.39, 0.29) is 17.3 Å². The predicted molar refractivity (Wildman–Crippen MR) is 156 cm³/mol. The summed E-state index contributed by atoms with van der Waals surface area (Å²) in [7, 11) is -4.09. The smallest absolute Gasteiger partial charge is 0.264 e. The molecular weight excluding hydrogens is 510 g/mol. The third-order valence-electron chi connectivity index (χ3n) is 6.39. The lowest BCUT2D eigenvalue weighted by Crippen LogP contribution is -2.54. The number of carbonyl (C=O) groups is 2. The highest BCUT2D eigenvalue weighted by Gasteiger charge is 2.34. The molecule has 0 spiro atoms. The van der Waals surface area contributed by atoms with Gasteiger partial charge in [-0.25, -0.2) is 8.42 Å². The van der Waals surface area contributed by atoms with Gasteiger partial charge < -0.3 is 10.2 Å². The molecule has 0 aliphatic rings. The molecule has 39 heavy (non-hydrogen) atoms. The fourth-order valence-electron chi connectivity index (χ4n) is 4.24. The number of nitrogens with zero attached hydrogens (tertiary/aromatic N) is 2. The SMILES string of the molecule is CCc1ccccc1N(CC(=O)N(Cc1ccccc1)[C@@H](C)C(=O)NC(C)(C)C)S(=O)(=O)c1ccc(C)cc1. The lowest BCUT2D eigenvalue weighted by molar-refractivity contribution is -0.140. The maximum atomic E-state index is 14.0. The quantitative estimate of drug-likeness (QED) is 0.382. The first-order valence-electron chi connectivity index (χ1n) is 13.2. The van der Waals surface area contributed by atoms with E-state index in [2.05, 4.69) is 5.32 Å². The number of benzene rings is 3. The molecule has 0 radical (unpaired) electrons. The van der Waals surface area contributed by atoms with Gasteiger partial charge in [-0.15, -0.1) is 0 Å². The van der Waals surface area contributed by atoms with Crippen LogP contribution in [-0.2, 0) is 32.6 Å². The summed E-state index contributed by atoms with van der Waals surface area (Å²) in [5.74, 6) is -0.786. The molecule has 0 heterocycles. The van der Waals surface area contributed by atoms with Crippen molar-refractivity contribution in [2.24, 2.45) is 0 Å². The first-order chi connectivity index (χ1) is 18.3. The Morgan fingerprint density at radius 1 is 0.897 bits per heavy atom. The van der Waals surface area contributed by atoms with E-state index in [0.29, 0.717) is 12.1 Å². The number of anilines is 1. The van der Waals surface area contributed by atoms with E-state index < -0.39 is 34.1 Å². The van der Waals surface area contributed by atoms with Crippen molar-refractivity contribution in [3.05, 3.63) is 95.6 Å². The Morgan fingerprint density at radius 2 is 1.49 bits per heavy atom. The van der Waals surface area contributed by atoms with Crippen molar-refractivity contribution in [1.82, 2.24) is 10.2 Å². The van der Waals surface area contributed by atoms with Gasteiger partial charge in [-0.3, -0.25) is 13.9 Å². The number of hydrogen-bond donors (Lipinski definition) is 1. The predicted octanol–water partition coefficient (Wildman–Crippen LogP) is 5.08. The maximum Gasteiger partial charge on any atom is 0.264 e. The Kier molecular flexibility index (Phi) is 9.56. The average Bonchev–Trinajstić information content (AvgIpc) is 2.89. The molecule has 0 saturated carbocycles. The van der Waals surface area contributed by atoms with Gasteiger partial charge in [-0.05, 0) is 70.4 Å². The van der Waals surface area contributed by atoms with E-state index in [1.54, 1.807) is 43.3 Å². The zero-order valence-electron chi connectivity index (χ0n) is 23.6. The summed E-state index contributed by atoms with van der Waals surface area (Å²) in [6.45, 7) is 10.8. The third-order valence-corrected chi connectivity index (χ3v) is 8.16. The Hall–Kier alpha value is -3.65. The molecule has 0 unspecified atom stereocenters. The minimum Gasteiger partial charge on any atom is -0.350 e. The first-order valence-corrected chi connectivity index (χ1v) is 14.6. The normalized spacial score (nSPS) is 12.5. The zero-order valence-corrected chi connectivity index (χ0v) is 24.5. The molecule has 0 fully saturated rings. The summed E-state index contributed by atoms with van der Waals surface area (Å²) >= 11 is 0. The number of para-hydroxylation sites is 1. The van der Waals surface area contributed by atoms with Crippen LogP contribution in [0.4, 0.5) is 5.69 Å². The molecule has 3 rings (SSSR count). The Balaban J connectivity index is 2.06. The second-order valence-electron chi connectivity index (χ2n) is 10.7. The molecule has 0 aliphatic heterocycles. The Morgan fingerprint density at radius 3 is 2.08 bits per heavy atom. The lowest BCUT2D eigenvalue weighted by Gasteiger charge is -2.34. The molecule has 0 aliphatic carbocycles. The molecule has 1 atom stereocenters. The van der Waals surface area contributed by atoms with Gasteiger partial charge >= 0.3 is 0 Å². The Labute approximate surface area is 232 Å². The van der Waals surface area contributed by atoms with Crippen LogP contribution in [0.15, 0.2) is 83.8 Å². The number of hydrogen-bond acceptors (Lipinski definition) is 4. The topological polar surface area (TPSA) is 86.8 Å². The molecule has 3 aromatic rings. The number of nitrogens with one attached hydrogen (secondary N) is 1. The summed E-state index contributed by atoms with van der Waals surface area (Å²) in [4.78, 5) is 28.7. The molecule has 2 amide bonds. The number of carbonyl (C=O) groups excluding carboxylic acids is 2. The van der Waals surface area contributed by atoms with Crippen molar-refractivity contribution in [2.75, 3.05) is 10.8 Å². The van der Waals surface area contributed by atoms with Crippen molar-refractivity contribution in [1.29, 1.82) is 0 Å². The van der Waals surface area contributed by atoms with Gasteiger partial charge in [0, 0.05) is 12.1 Å². The third kappa shape index (κ3) is 7.69. The van der Waals surface area contributed by atoms with Crippen molar-refractivity contribution < 1.29 is 18.0 Å². The second kappa shape index (κ2) is 12.5. The van der Waals surface area contributed by atoms with Crippen LogP contribution in [0.5, 0.6) is 0 Å². The second-order valence-corrected chi connectivity index (χ2v) is 12.6. The van der Waals surface area contributed by atoms with E-state index in [4.69, 9.17) is 0 Å². The molecule has 0 bridgehead atoms. The van der Waals surface area contributed by atoms with E-state index in [1.165, 1.54) is 9.21 Å². The highest BCUT2D eigenvalue weighted by atomic mass is 32.2. The van der Waals surface area contributed by atoms with E-state index in [0.717, 1.165) is 16.7 Å². The van der Waals surface area contributed by atoms with Crippen molar-refractivity contribution >= 4 is 27.5 Å². The Bertz CT molecular complexity index is 1380. The van der Waals surface area contributed by atoms with E-state index in [1.807, 2.05) is 77.1 Å². The molecular formula is C31H39N3O4S. The number of aryl methyl sites for hydroxylation is 2. The summed E-state index contributed by atoms with van der Waals surface area (Å²) in [6, 6.07) is 22.3. The molecule has 208 valence electrons. The maximum absolute atomic E-state index is 14.0. The van der Waals surface area contributed by atoms with Gasteiger partial charge in [0.2, 0.25) is 11.8 Å². The van der Waals surface area contributed by atoms with Crippen molar-refractivity contribution in [2.45, 2.75) is 71.0 Å². The van der Waals surface area contributed by atoms with Crippen LogP contribution < -0.4 is 9.62 Å². The summed E-state index contributed by atoms with van der Waals surface area (Å²) in [5, 5.41) is 2.94. The van der Waals surface area contributed by atoms with Crippen LogP contribution in [0.1, 0.15) is 51.3 Å². The van der Waals surface area contributed by atoms with Gasteiger partial charge in [0.15, 0.2) is 0 Å². The zero-order chi connectivity index (χ0) is 28.8. The number of rotatable bonds is 10. The highest BCUT2D eigenvalue weighted by Crippen LogP contribution is 2.28. The van der Waals surface area contributed by atoms with Crippen LogP contribution >= 0.6 is 0 Å². The van der Waals surface area contributed by atoms with Crippen LogP contribution in [0, 0.1) is 6.92 Å². The van der Waals surface area contributed by atoms with Crippen LogP contribution in [0.25, 0.3) is 0 Å². The summed E-state index contributed by atoms with van der Waals surface area (Å²) in [5.41, 5.74) is 2.52. The monoisotopic (exact) mass is 549 g/mol. The fourth-order valence-corrected chi connectivity index (χ4v) is 5.69. The van der Waals surface area contributed by atoms with Crippen LogP contribution in [0.2, 0.25) is 0 Å².